The number of hydrogen-bond acceptors (Lipinski definition) is 2. The van der Waals surface area contributed by atoms with Crippen molar-refractivity contribution in [2.45, 2.75) is 0 Å². The smallest absolute Gasteiger partial charge is 0.336 e. The predicted molar refractivity (Wildman–Crippen MR) is 55.8 cm³/mol. The largest absolute Gasteiger partial charge is 0.478 e. The van der Waals surface area contributed by atoms with Gasteiger partial charge in [0.2, 0.25) is 0 Å². The van der Waals surface area contributed by atoms with Gasteiger partial charge < -0.3 is 10.4 Å². The highest BCUT2D eigenvalue weighted by atomic mass is 19.2. The molecule has 17 heavy (non-hydrogen) atoms. The van der Waals surface area contributed by atoms with Crippen LogP contribution in [0.4, 0.5) is 8.78 Å². The molecule has 0 aromatic heterocycles. The van der Waals surface area contributed by atoms with Crippen LogP contribution in [-0.2, 0) is 0 Å². The first-order valence-corrected chi connectivity index (χ1v) is 4.58. The Kier molecular flexibility index (Phi) is 3.92. The number of benzene rings is 1. The maximum atomic E-state index is 12.9. The molecule has 90 valence electrons. The second-order valence-corrected chi connectivity index (χ2v) is 3.12. The van der Waals surface area contributed by atoms with Crippen LogP contribution in [0.3, 0.4) is 0 Å². The molecule has 0 fully saturated rings. The van der Waals surface area contributed by atoms with Crippen molar-refractivity contribution in [3.05, 3.63) is 47.5 Å². The molecule has 0 aliphatic rings. The van der Waals surface area contributed by atoms with Gasteiger partial charge in [0.1, 0.15) is 0 Å². The number of carboxylic acids is 1. The van der Waals surface area contributed by atoms with Crippen molar-refractivity contribution in [3.8, 4) is 0 Å². The monoisotopic (exact) mass is 241 g/mol. The Labute approximate surface area is 95.6 Å². The van der Waals surface area contributed by atoms with E-state index in [1.54, 1.807) is 0 Å². The summed E-state index contributed by atoms with van der Waals surface area (Å²) >= 11 is 0. The molecule has 0 atom stereocenters. The minimum absolute atomic E-state index is 0.0941. The van der Waals surface area contributed by atoms with Crippen molar-refractivity contribution in [2.75, 3.05) is 6.54 Å². The Balaban J connectivity index is 3.20. The highest BCUT2D eigenvalue weighted by Crippen LogP contribution is 2.15. The summed E-state index contributed by atoms with van der Waals surface area (Å²) in [4.78, 5) is 22.3. The fraction of sp³-hybridized carbons (Fsp3) is 0.0909. The van der Waals surface area contributed by atoms with E-state index in [2.05, 4.69) is 11.9 Å². The second kappa shape index (κ2) is 5.20. The van der Waals surface area contributed by atoms with E-state index in [-0.39, 0.29) is 6.54 Å². The molecular weight excluding hydrogens is 232 g/mol. The molecule has 1 amide bonds. The van der Waals surface area contributed by atoms with Crippen LogP contribution in [-0.4, -0.2) is 23.5 Å². The maximum absolute atomic E-state index is 12.9. The molecule has 1 aromatic carbocycles. The normalized spacial score (nSPS) is 9.76. The van der Waals surface area contributed by atoms with Gasteiger partial charge in [-0.3, -0.25) is 4.79 Å². The van der Waals surface area contributed by atoms with Crippen molar-refractivity contribution in [1.82, 2.24) is 5.32 Å². The first-order valence-electron chi connectivity index (χ1n) is 4.58. The van der Waals surface area contributed by atoms with Crippen LogP contribution in [0.2, 0.25) is 0 Å². The molecule has 2 N–H and O–H groups in total. The number of aromatic carboxylic acids is 1. The number of nitrogens with one attached hydrogen (secondary N) is 1. The molecule has 0 spiro atoms. The summed E-state index contributed by atoms with van der Waals surface area (Å²) in [5, 5.41) is 11.0. The third-order valence-corrected chi connectivity index (χ3v) is 1.94. The van der Waals surface area contributed by atoms with E-state index in [1.807, 2.05) is 0 Å². The summed E-state index contributed by atoms with van der Waals surface area (Å²) in [6.45, 7) is 3.44. The fourth-order valence-corrected chi connectivity index (χ4v) is 1.17. The van der Waals surface area contributed by atoms with Crippen LogP contribution in [0.25, 0.3) is 0 Å². The molecular formula is C11H9F2NO3. The van der Waals surface area contributed by atoms with Gasteiger partial charge >= 0.3 is 5.97 Å². The summed E-state index contributed by atoms with van der Waals surface area (Å²) in [5.74, 6) is -4.91. The Morgan fingerprint density at radius 2 is 1.82 bits per heavy atom. The fourth-order valence-electron chi connectivity index (χ4n) is 1.17. The van der Waals surface area contributed by atoms with Crippen LogP contribution in [0.5, 0.6) is 0 Å². The van der Waals surface area contributed by atoms with Gasteiger partial charge in [-0.05, 0) is 12.1 Å². The Bertz CT molecular complexity index is 486. The van der Waals surface area contributed by atoms with Crippen LogP contribution < -0.4 is 5.32 Å². The van der Waals surface area contributed by atoms with Gasteiger partial charge in [-0.25, -0.2) is 13.6 Å². The van der Waals surface area contributed by atoms with Crippen molar-refractivity contribution in [1.29, 1.82) is 0 Å². The SMILES string of the molecule is C=CCNC(=O)c1cc(F)c(F)cc1C(=O)O. The number of carbonyl (C=O) groups excluding carboxylic acids is 1. The number of hydrogen-bond donors (Lipinski definition) is 2. The van der Waals surface area contributed by atoms with Gasteiger partial charge in [0.25, 0.3) is 5.91 Å². The summed E-state index contributed by atoms with van der Waals surface area (Å²) in [6, 6.07) is 1.03. The summed E-state index contributed by atoms with van der Waals surface area (Å²) < 4.78 is 25.8. The number of carbonyl (C=O) groups is 2. The van der Waals surface area contributed by atoms with E-state index in [9.17, 15) is 18.4 Å². The predicted octanol–water partition coefficient (Wildman–Crippen LogP) is 1.58. The van der Waals surface area contributed by atoms with E-state index in [0.29, 0.717) is 12.1 Å². The molecule has 6 heteroatoms. The van der Waals surface area contributed by atoms with Crippen molar-refractivity contribution >= 4 is 11.9 Å². The number of halogens is 2. The molecule has 0 saturated carbocycles. The third-order valence-electron chi connectivity index (χ3n) is 1.94. The van der Waals surface area contributed by atoms with Gasteiger partial charge in [0.05, 0.1) is 11.1 Å². The molecule has 0 saturated heterocycles. The molecule has 0 unspecified atom stereocenters. The van der Waals surface area contributed by atoms with E-state index in [1.165, 1.54) is 6.08 Å². The van der Waals surface area contributed by atoms with Crippen LogP contribution >= 0.6 is 0 Å². The molecule has 1 aromatic rings. The van der Waals surface area contributed by atoms with E-state index in [0.717, 1.165) is 0 Å². The minimum Gasteiger partial charge on any atom is -0.478 e. The first kappa shape index (κ1) is 12.8. The molecule has 0 aliphatic heterocycles. The van der Waals surface area contributed by atoms with Gasteiger partial charge in [-0.2, -0.15) is 0 Å². The van der Waals surface area contributed by atoms with Crippen molar-refractivity contribution < 1.29 is 23.5 Å². The van der Waals surface area contributed by atoms with E-state index in [4.69, 9.17) is 5.11 Å². The maximum Gasteiger partial charge on any atom is 0.336 e. The molecule has 0 bridgehead atoms. The zero-order valence-corrected chi connectivity index (χ0v) is 8.67. The molecule has 4 nitrogen and oxygen atoms in total. The van der Waals surface area contributed by atoms with Crippen molar-refractivity contribution in [2.24, 2.45) is 0 Å². The van der Waals surface area contributed by atoms with Crippen molar-refractivity contribution in [3.63, 3.8) is 0 Å². The molecule has 1 rings (SSSR count). The zero-order chi connectivity index (χ0) is 13.0. The lowest BCUT2D eigenvalue weighted by Crippen LogP contribution is -2.25. The highest BCUT2D eigenvalue weighted by molar-refractivity contribution is 6.04. The average molecular weight is 241 g/mol. The van der Waals surface area contributed by atoms with Crippen LogP contribution in [0.15, 0.2) is 24.8 Å². The molecule has 0 radical (unpaired) electrons. The lowest BCUT2D eigenvalue weighted by Gasteiger charge is -2.06. The summed E-state index contributed by atoms with van der Waals surface area (Å²) in [5.41, 5.74) is -1.02. The lowest BCUT2D eigenvalue weighted by molar-refractivity contribution is 0.0690. The Morgan fingerprint density at radius 3 is 2.29 bits per heavy atom. The first-order chi connectivity index (χ1) is 7.97. The highest BCUT2D eigenvalue weighted by Gasteiger charge is 2.19. The van der Waals surface area contributed by atoms with E-state index < -0.39 is 34.6 Å². The summed E-state index contributed by atoms with van der Waals surface area (Å²) in [7, 11) is 0. The Hall–Kier alpha value is -2.24. The standard InChI is InChI=1S/C11H9F2NO3/c1-2-3-14-10(15)6-4-8(12)9(13)5-7(6)11(16)17/h2,4-5H,1,3H2,(H,14,15)(H,16,17). The molecule has 0 aliphatic carbocycles. The Morgan fingerprint density at radius 1 is 1.29 bits per heavy atom. The van der Waals surface area contributed by atoms with Gasteiger partial charge in [-0.1, -0.05) is 6.08 Å². The average Bonchev–Trinajstić information content (AvgIpc) is 2.28. The van der Waals surface area contributed by atoms with Crippen LogP contribution in [0, 0.1) is 11.6 Å². The number of rotatable bonds is 4. The van der Waals surface area contributed by atoms with E-state index >= 15 is 0 Å². The van der Waals surface area contributed by atoms with Gasteiger partial charge in [0.15, 0.2) is 11.6 Å². The number of amides is 1. The second-order valence-electron chi connectivity index (χ2n) is 3.12. The zero-order valence-electron chi connectivity index (χ0n) is 8.67. The summed E-state index contributed by atoms with van der Waals surface area (Å²) in [6.07, 6.45) is 1.37. The lowest BCUT2D eigenvalue weighted by atomic mass is 10.1. The van der Waals surface area contributed by atoms with Crippen LogP contribution in [0.1, 0.15) is 20.7 Å². The third kappa shape index (κ3) is 2.87. The van der Waals surface area contributed by atoms with Gasteiger partial charge in [-0.15, -0.1) is 6.58 Å². The van der Waals surface area contributed by atoms with Gasteiger partial charge in [0, 0.05) is 6.54 Å². The number of carboxylic acid groups (broad SMARTS) is 1. The molecule has 0 heterocycles. The topological polar surface area (TPSA) is 66.4 Å². The minimum atomic E-state index is -1.51. The quantitative estimate of drug-likeness (QED) is 0.786.